The number of para-hydroxylation sites is 4. The third-order valence-corrected chi connectivity index (χ3v) is 14.1. The fourth-order valence-electron chi connectivity index (χ4n) is 9.68. The minimum atomic E-state index is -0.00657. The number of benzene rings is 9. The lowest BCUT2D eigenvalue weighted by atomic mass is 9.78. The second-order valence-electron chi connectivity index (χ2n) is 19.0. The summed E-state index contributed by atoms with van der Waals surface area (Å²) in [6, 6.07) is 72.3. The Morgan fingerprint density at radius 2 is 0.984 bits per heavy atom. The molecule has 0 unspecified atom stereocenters. The van der Waals surface area contributed by atoms with Crippen molar-refractivity contribution in [3.05, 3.63) is 205 Å². The van der Waals surface area contributed by atoms with Crippen LogP contribution >= 0.6 is 11.3 Å². The molecule has 0 aliphatic carbocycles. The molecule has 63 heavy (non-hydrogen) atoms. The van der Waals surface area contributed by atoms with Gasteiger partial charge in [0.15, 0.2) is 0 Å². The van der Waals surface area contributed by atoms with Crippen LogP contribution in [0, 0.1) is 0 Å². The lowest BCUT2D eigenvalue weighted by Gasteiger charge is -2.30. The zero-order valence-electron chi connectivity index (χ0n) is 36.8. The smallest absolute Gasteiger partial charge is 0.0782 e. The van der Waals surface area contributed by atoms with Crippen molar-refractivity contribution in [1.29, 1.82) is 0 Å². The van der Waals surface area contributed by atoms with Crippen LogP contribution in [0.15, 0.2) is 194 Å². The largest absolute Gasteiger partial charge is 0.307 e. The number of rotatable bonds is 6. The van der Waals surface area contributed by atoms with E-state index >= 15 is 0 Å². The molecule has 0 saturated carbocycles. The number of anilines is 3. The summed E-state index contributed by atoms with van der Waals surface area (Å²) in [5.41, 5.74) is 14.5. The van der Waals surface area contributed by atoms with Crippen LogP contribution in [-0.4, -0.2) is 4.57 Å². The summed E-state index contributed by atoms with van der Waals surface area (Å²) in [7, 11) is 0. The van der Waals surface area contributed by atoms with E-state index in [1.807, 2.05) is 11.3 Å². The first-order valence-electron chi connectivity index (χ1n) is 22.1. The molecule has 0 spiro atoms. The predicted octanol–water partition coefficient (Wildman–Crippen LogP) is 17.7. The van der Waals surface area contributed by atoms with Crippen LogP contribution in [0.25, 0.3) is 80.7 Å². The second-order valence-corrected chi connectivity index (χ2v) is 20.0. The Labute approximate surface area is 374 Å². The first-order chi connectivity index (χ1) is 30.5. The highest BCUT2D eigenvalue weighted by Crippen LogP contribution is 2.51. The maximum absolute atomic E-state index is 2.56. The Morgan fingerprint density at radius 1 is 0.429 bits per heavy atom. The SMILES string of the molecule is CC(C)(C)c1cc(-c2cccc3cccc(-c4ccccc4N(c4cccc5c4sc4ccccc45)c4cccc5c6ccccc6n(-c6ccccc6)c45)c23)cc(C(C)(C)C)c1. The number of thiophene rings is 1. The molecule has 11 aromatic rings. The van der Waals surface area contributed by atoms with Crippen LogP contribution in [0.1, 0.15) is 52.7 Å². The van der Waals surface area contributed by atoms with Crippen LogP contribution < -0.4 is 4.90 Å². The molecular weight excluding hydrogens is 781 g/mol. The van der Waals surface area contributed by atoms with Crippen molar-refractivity contribution in [2.24, 2.45) is 0 Å². The number of hydrogen-bond donors (Lipinski definition) is 0. The van der Waals surface area contributed by atoms with Gasteiger partial charge in [-0.05, 0) is 91.9 Å². The lowest BCUT2D eigenvalue weighted by molar-refractivity contribution is 0.569. The number of nitrogens with zero attached hydrogens (tertiary/aromatic N) is 2. The van der Waals surface area contributed by atoms with Crippen LogP contribution in [0.2, 0.25) is 0 Å². The molecule has 2 nitrogen and oxygen atoms in total. The van der Waals surface area contributed by atoms with E-state index < -0.39 is 0 Å². The average molecular weight is 831 g/mol. The Bertz CT molecular complexity index is 3500. The average Bonchev–Trinajstić information content (AvgIpc) is 3.85. The van der Waals surface area contributed by atoms with Gasteiger partial charge in [-0.2, -0.15) is 0 Å². The van der Waals surface area contributed by atoms with Crippen molar-refractivity contribution in [1.82, 2.24) is 4.57 Å². The van der Waals surface area contributed by atoms with E-state index in [4.69, 9.17) is 0 Å². The third kappa shape index (κ3) is 6.53. The molecule has 0 bridgehead atoms. The predicted molar refractivity (Wildman–Crippen MR) is 274 cm³/mol. The van der Waals surface area contributed by atoms with Gasteiger partial charge in [-0.1, -0.05) is 193 Å². The molecule has 0 N–H and O–H groups in total. The Balaban J connectivity index is 1.25. The fraction of sp³-hybridized carbons (Fsp3) is 0.133. The van der Waals surface area contributed by atoms with Gasteiger partial charge in [-0.25, -0.2) is 0 Å². The first kappa shape index (κ1) is 38.9. The van der Waals surface area contributed by atoms with E-state index in [9.17, 15) is 0 Å². The van der Waals surface area contributed by atoms with Crippen LogP contribution in [0.4, 0.5) is 17.1 Å². The van der Waals surface area contributed by atoms with E-state index in [2.05, 4.69) is 245 Å². The van der Waals surface area contributed by atoms with Gasteiger partial charge in [-0.15, -0.1) is 11.3 Å². The van der Waals surface area contributed by atoms with Gasteiger partial charge >= 0.3 is 0 Å². The van der Waals surface area contributed by atoms with Gasteiger partial charge < -0.3 is 9.47 Å². The van der Waals surface area contributed by atoms with E-state index in [-0.39, 0.29) is 10.8 Å². The first-order valence-corrected chi connectivity index (χ1v) is 22.9. The Morgan fingerprint density at radius 3 is 1.73 bits per heavy atom. The van der Waals surface area contributed by atoms with Crippen LogP contribution in [0.3, 0.4) is 0 Å². The van der Waals surface area contributed by atoms with Gasteiger partial charge in [0.1, 0.15) is 0 Å². The summed E-state index contributed by atoms with van der Waals surface area (Å²) in [6.07, 6.45) is 0. The van der Waals surface area contributed by atoms with Crippen molar-refractivity contribution in [3.8, 4) is 27.9 Å². The normalized spacial score (nSPS) is 12.3. The van der Waals surface area contributed by atoms with Gasteiger partial charge in [0, 0.05) is 37.5 Å². The molecule has 0 aliphatic heterocycles. The molecule has 0 aliphatic rings. The summed E-state index contributed by atoms with van der Waals surface area (Å²) in [6.45, 7) is 14.0. The number of hydrogen-bond acceptors (Lipinski definition) is 2. The molecular formula is C60H50N2S. The van der Waals surface area contributed by atoms with Crippen LogP contribution in [0.5, 0.6) is 0 Å². The molecule has 3 heteroatoms. The van der Waals surface area contributed by atoms with Gasteiger partial charge in [-0.3, -0.25) is 0 Å². The van der Waals surface area contributed by atoms with Gasteiger partial charge in [0.2, 0.25) is 0 Å². The molecule has 0 atom stereocenters. The highest BCUT2D eigenvalue weighted by atomic mass is 32.1. The molecule has 0 radical (unpaired) electrons. The van der Waals surface area contributed by atoms with Crippen molar-refractivity contribution >= 4 is 81.1 Å². The highest BCUT2D eigenvalue weighted by Gasteiger charge is 2.27. The van der Waals surface area contributed by atoms with Gasteiger partial charge in [0.05, 0.1) is 32.8 Å². The van der Waals surface area contributed by atoms with Crippen LogP contribution in [-0.2, 0) is 10.8 Å². The van der Waals surface area contributed by atoms with Crippen molar-refractivity contribution in [3.63, 3.8) is 0 Å². The van der Waals surface area contributed by atoms with E-state index in [0.29, 0.717) is 0 Å². The monoisotopic (exact) mass is 830 g/mol. The van der Waals surface area contributed by atoms with E-state index in [0.717, 1.165) is 22.7 Å². The van der Waals surface area contributed by atoms with E-state index in [1.165, 1.54) is 86.1 Å². The Kier molecular flexibility index (Phi) is 9.19. The summed E-state index contributed by atoms with van der Waals surface area (Å²) >= 11 is 1.88. The molecule has 2 aromatic heterocycles. The standard InChI is InChI=1S/C60H50N2S/c1-59(2,3)41-36-40(37-42(38-41)60(4,5)6)44-27-16-20-39-21-17-28-48(56(39)44)45-24-10-14-32-52(45)62(54-34-19-30-50-47-26-12-15-35-55(47)63-58(50)54)53-33-18-29-49-46-25-11-13-31-51(46)61(57(49)53)43-22-8-7-9-23-43/h7-38H,1-6H3. The van der Waals surface area contributed by atoms with Gasteiger partial charge in [0.25, 0.3) is 0 Å². The summed E-state index contributed by atoms with van der Waals surface area (Å²) in [5.74, 6) is 0. The molecule has 0 saturated heterocycles. The lowest BCUT2D eigenvalue weighted by Crippen LogP contribution is -2.16. The van der Waals surface area contributed by atoms with Crippen molar-refractivity contribution in [2.75, 3.05) is 4.90 Å². The molecule has 0 amide bonds. The maximum atomic E-state index is 2.56. The second kappa shape index (κ2) is 14.9. The minimum absolute atomic E-state index is 0.00657. The molecule has 11 rings (SSSR count). The number of aromatic nitrogens is 1. The van der Waals surface area contributed by atoms with E-state index in [1.54, 1.807) is 0 Å². The minimum Gasteiger partial charge on any atom is -0.307 e. The topological polar surface area (TPSA) is 8.17 Å². The number of fused-ring (bicyclic) bond motifs is 7. The zero-order valence-corrected chi connectivity index (χ0v) is 37.6. The summed E-state index contributed by atoms with van der Waals surface area (Å²) < 4.78 is 5.02. The summed E-state index contributed by atoms with van der Waals surface area (Å²) in [4.78, 5) is 2.56. The third-order valence-electron chi connectivity index (χ3n) is 12.9. The van der Waals surface area contributed by atoms with Crippen molar-refractivity contribution < 1.29 is 0 Å². The summed E-state index contributed by atoms with van der Waals surface area (Å²) in [5, 5.41) is 7.50. The molecule has 9 aromatic carbocycles. The quantitative estimate of drug-likeness (QED) is 0.162. The zero-order chi connectivity index (χ0) is 43.0. The highest BCUT2D eigenvalue weighted by molar-refractivity contribution is 7.26. The molecule has 2 heterocycles. The Hall–Kier alpha value is -6.94. The van der Waals surface area contributed by atoms with Crippen molar-refractivity contribution in [2.45, 2.75) is 52.4 Å². The fourth-order valence-corrected chi connectivity index (χ4v) is 10.9. The molecule has 0 fully saturated rings. The maximum Gasteiger partial charge on any atom is 0.0782 e. The molecule has 306 valence electrons.